The number of hydrogen-bond donors (Lipinski definition) is 2. The third kappa shape index (κ3) is 11.6. The minimum absolute atomic E-state index is 0.0589. The van der Waals surface area contributed by atoms with Crippen LogP contribution in [0.1, 0.15) is 217 Å². The standard InChI is InChI=1S/C59H88N2O4P2/c1-52(2,3)36-28-40-41-29-37(53(4,5)6)33-45(57(16,17)18)49(41)63-66(62-48(40)44(32-36)56(13,14)15)60-26-25-27-61-67-64-50-42(30-38(54(7,8)9)34-46(50)58(19,20)21)43-31-39(55(10,11)12)35-47(51(43)65-67)59(22,23)24/h28-35,60-61H,25-27H2,1-24H3. The Kier molecular flexibility index (Phi) is 14.1. The van der Waals surface area contributed by atoms with Gasteiger partial charge in [-0.15, -0.1) is 0 Å². The lowest BCUT2D eigenvalue weighted by atomic mass is 9.77. The third-order valence-electron chi connectivity index (χ3n) is 13.2. The molecule has 0 fully saturated rings. The molecule has 0 aliphatic carbocycles. The summed E-state index contributed by atoms with van der Waals surface area (Å²) in [7, 11) is -3.15. The lowest BCUT2D eigenvalue weighted by Gasteiger charge is -2.27. The van der Waals surface area contributed by atoms with E-state index >= 15 is 0 Å². The SMILES string of the molecule is CC(C)(C)c1cc(C(C)(C)C)c2op(NCCCNp3oc4c(C(C)(C)C)cc(C(C)(C)C)cc4c4cc(C(C)(C)C)cc(C(C)(C)C)c4o3)oc3c(C(C)(C)C)cc(C(C)(C)C)cc3c2c1. The zero-order valence-electron chi connectivity index (χ0n) is 46.3. The van der Waals surface area contributed by atoms with Crippen LogP contribution >= 0.6 is 16.3 Å². The van der Waals surface area contributed by atoms with Crippen LogP contribution < -0.4 is 10.2 Å². The summed E-state index contributed by atoms with van der Waals surface area (Å²) in [5, 5.41) is 12.0. The molecular weight excluding hydrogens is 863 g/mol. The van der Waals surface area contributed by atoms with Gasteiger partial charge < -0.3 is 16.8 Å². The summed E-state index contributed by atoms with van der Waals surface area (Å²) in [6.45, 7) is 56.4. The monoisotopic (exact) mass is 951 g/mol. The molecule has 2 aromatic heterocycles. The quantitative estimate of drug-likeness (QED) is 0.162. The highest BCUT2D eigenvalue weighted by Crippen LogP contribution is 2.47. The molecule has 0 aliphatic rings. The smallest absolute Gasteiger partial charge is 0.306 e. The van der Waals surface area contributed by atoms with E-state index in [1.165, 1.54) is 44.5 Å². The van der Waals surface area contributed by atoms with Crippen molar-refractivity contribution in [2.45, 2.75) is 216 Å². The molecule has 67 heavy (non-hydrogen) atoms. The van der Waals surface area contributed by atoms with Gasteiger partial charge in [-0.3, -0.25) is 0 Å². The first kappa shape index (κ1) is 53.0. The van der Waals surface area contributed by atoms with Gasteiger partial charge in [0.1, 0.15) is 22.3 Å². The Morgan fingerprint density at radius 1 is 0.299 bits per heavy atom. The molecule has 0 unspecified atom stereocenters. The molecule has 8 heteroatoms. The zero-order valence-corrected chi connectivity index (χ0v) is 48.1. The van der Waals surface area contributed by atoms with Crippen LogP contribution in [0.3, 0.4) is 0 Å². The molecule has 0 bridgehead atoms. The van der Waals surface area contributed by atoms with E-state index in [-0.39, 0.29) is 43.3 Å². The second-order valence-corrected chi connectivity index (χ2v) is 30.0. The van der Waals surface area contributed by atoms with Crippen LogP contribution in [0, 0.1) is 0 Å². The van der Waals surface area contributed by atoms with E-state index in [0.717, 1.165) is 50.3 Å². The summed E-state index contributed by atoms with van der Waals surface area (Å²) in [6.07, 6.45) is 0.797. The first-order chi connectivity index (χ1) is 30.3. The minimum Gasteiger partial charge on any atom is -0.408 e. The van der Waals surface area contributed by atoms with Crippen molar-refractivity contribution in [3.8, 4) is 0 Å². The molecule has 6 aromatic rings. The van der Waals surface area contributed by atoms with E-state index in [4.69, 9.17) is 16.8 Å². The molecule has 6 nitrogen and oxygen atoms in total. The van der Waals surface area contributed by atoms with Crippen LogP contribution in [0.2, 0.25) is 0 Å². The molecule has 0 amide bonds. The van der Waals surface area contributed by atoms with Crippen LogP contribution in [0.15, 0.2) is 65.3 Å². The lowest BCUT2D eigenvalue weighted by Crippen LogP contribution is -2.17. The fourth-order valence-corrected chi connectivity index (χ4v) is 11.1. The molecule has 0 radical (unpaired) electrons. The maximum absolute atomic E-state index is 7.17. The maximum Gasteiger partial charge on any atom is 0.306 e. The average Bonchev–Trinajstić information content (AvgIpc) is 3.40. The van der Waals surface area contributed by atoms with Crippen molar-refractivity contribution >= 4 is 60.2 Å². The Labute approximate surface area is 407 Å². The van der Waals surface area contributed by atoms with Crippen LogP contribution in [-0.2, 0) is 43.3 Å². The van der Waals surface area contributed by atoms with Crippen molar-refractivity contribution in [2.24, 2.45) is 0 Å². The fourth-order valence-electron chi connectivity index (χ4n) is 8.60. The number of hydrogen-bond acceptors (Lipinski definition) is 6. The average molecular weight is 951 g/mol. The lowest BCUT2D eigenvalue weighted by molar-refractivity contribution is 0.555. The van der Waals surface area contributed by atoms with Gasteiger partial charge in [0.15, 0.2) is 0 Å². The Bertz CT molecular complexity index is 2510. The molecule has 2 N–H and O–H groups in total. The van der Waals surface area contributed by atoms with E-state index in [9.17, 15) is 0 Å². The molecule has 6 rings (SSSR count). The van der Waals surface area contributed by atoms with Crippen LogP contribution in [-0.4, -0.2) is 13.1 Å². The van der Waals surface area contributed by atoms with Crippen LogP contribution in [0.25, 0.3) is 43.9 Å². The first-order valence-corrected chi connectivity index (χ1v) is 27.2. The van der Waals surface area contributed by atoms with Crippen molar-refractivity contribution in [1.82, 2.24) is 0 Å². The molecule has 0 aliphatic heterocycles. The van der Waals surface area contributed by atoms with Gasteiger partial charge >= 0.3 is 16.3 Å². The first-order valence-electron chi connectivity index (χ1n) is 24.8. The van der Waals surface area contributed by atoms with E-state index in [0.29, 0.717) is 13.1 Å². The summed E-state index contributed by atoms with van der Waals surface area (Å²) in [5.41, 5.74) is 12.7. The van der Waals surface area contributed by atoms with E-state index < -0.39 is 16.3 Å². The molecule has 0 spiro atoms. The van der Waals surface area contributed by atoms with Crippen molar-refractivity contribution in [3.05, 3.63) is 93.0 Å². The van der Waals surface area contributed by atoms with E-state index in [1.54, 1.807) is 0 Å². The van der Waals surface area contributed by atoms with Crippen molar-refractivity contribution < 1.29 is 16.8 Å². The highest BCUT2D eigenvalue weighted by atomic mass is 31.1. The van der Waals surface area contributed by atoms with Crippen molar-refractivity contribution in [3.63, 3.8) is 0 Å². The van der Waals surface area contributed by atoms with Gasteiger partial charge in [-0.2, -0.15) is 0 Å². The van der Waals surface area contributed by atoms with Crippen molar-refractivity contribution in [1.29, 1.82) is 0 Å². The molecular formula is C59H88N2O4P2. The van der Waals surface area contributed by atoms with Gasteiger partial charge in [-0.25, -0.2) is 10.2 Å². The molecule has 0 saturated carbocycles. The molecule has 2 heterocycles. The number of nitrogens with one attached hydrogen (secondary N) is 2. The second-order valence-electron chi connectivity index (χ2n) is 27.7. The predicted molar refractivity (Wildman–Crippen MR) is 295 cm³/mol. The van der Waals surface area contributed by atoms with Gasteiger partial charge in [0, 0.05) is 56.9 Å². The van der Waals surface area contributed by atoms with Crippen LogP contribution in [0.4, 0.5) is 0 Å². The van der Waals surface area contributed by atoms with Gasteiger partial charge in [-0.1, -0.05) is 190 Å². The highest BCUT2D eigenvalue weighted by Gasteiger charge is 2.31. The summed E-state index contributed by atoms with van der Waals surface area (Å²) in [5.74, 6) is 0. The Morgan fingerprint density at radius 3 is 0.657 bits per heavy atom. The Hall–Kier alpha value is -3.40. The van der Waals surface area contributed by atoms with Crippen LogP contribution in [0.5, 0.6) is 0 Å². The molecule has 0 saturated heterocycles. The van der Waals surface area contributed by atoms with Gasteiger partial charge in [0.25, 0.3) is 0 Å². The predicted octanol–water partition coefficient (Wildman–Crippen LogP) is 19.5. The normalized spacial score (nSPS) is 14.0. The fraction of sp³-hybridized carbons (Fsp3) is 0.593. The molecule has 4 aromatic carbocycles. The zero-order chi connectivity index (χ0) is 50.4. The molecule has 368 valence electrons. The second kappa shape index (κ2) is 17.8. The number of fused-ring (bicyclic) bond motifs is 6. The summed E-state index contributed by atoms with van der Waals surface area (Å²) >= 11 is 0. The van der Waals surface area contributed by atoms with E-state index in [2.05, 4.69) is 225 Å². The topological polar surface area (TPSA) is 76.6 Å². The number of benzene rings is 4. The summed E-state index contributed by atoms with van der Waals surface area (Å²) in [4.78, 5) is 0. The maximum atomic E-state index is 7.17. The summed E-state index contributed by atoms with van der Waals surface area (Å²) in [6, 6.07) is 18.9. The highest BCUT2D eigenvalue weighted by molar-refractivity contribution is 7.39. The Balaban J connectivity index is 1.51. The largest absolute Gasteiger partial charge is 0.408 e. The summed E-state index contributed by atoms with van der Waals surface area (Å²) < 4.78 is 28.7. The number of rotatable bonds is 6. The Morgan fingerprint density at radius 2 is 0.493 bits per heavy atom. The van der Waals surface area contributed by atoms with Gasteiger partial charge in [0.05, 0.1) is 0 Å². The van der Waals surface area contributed by atoms with Crippen molar-refractivity contribution in [2.75, 3.05) is 23.3 Å². The van der Waals surface area contributed by atoms with Gasteiger partial charge in [0.2, 0.25) is 0 Å². The minimum atomic E-state index is -1.57. The van der Waals surface area contributed by atoms with E-state index in [1.807, 2.05) is 0 Å². The van der Waals surface area contributed by atoms with Gasteiger partial charge in [-0.05, 0) is 96.3 Å². The molecule has 0 atom stereocenters. The third-order valence-corrected chi connectivity index (χ3v) is 15.5.